The van der Waals surface area contributed by atoms with Gasteiger partial charge >= 0.3 is 0 Å². The van der Waals surface area contributed by atoms with Gasteiger partial charge in [0.25, 0.3) is 5.91 Å². The van der Waals surface area contributed by atoms with Gasteiger partial charge in [-0.1, -0.05) is 43.2 Å². The fraction of sp³-hybridized carbons (Fsp3) is 0.471. The smallest absolute Gasteiger partial charge is 0.251 e. The first-order valence-electron chi connectivity index (χ1n) is 7.34. The first kappa shape index (κ1) is 12.5. The van der Waals surface area contributed by atoms with Crippen molar-refractivity contribution in [3.8, 4) is 0 Å². The molecule has 1 aromatic carbocycles. The molecule has 1 aromatic rings. The van der Waals surface area contributed by atoms with E-state index in [0.29, 0.717) is 0 Å². The summed E-state index contributed by atoms with van der Waals surface area (Å²) in [5, 5.41) is 3.18. The fourth-order valence-electron chi connectivity index (χ4n) is 2.83. The zero-order valence-electron chi connectivity index (χ0n) is 11.3. The van der Waals surface area contributed by atoms with Crippen LogP contribution in [0.25, 0.3) is 0 Å². The molecule has 0 heterocycles. The van der Waals surface area contributed by atoms with Gasteiger partial charge in [0.1, 0.15) is 0 Å². The number of amides is 1. The number of rotatable bonds is 4. The lowest BCUT2D eigenvalue weighted by Gasteiger charge is -2.14. The van der Waals surface area contributed by atoms with Crippen molar-refractivity contribution < 1.29 is 4.79 Å². The maximum atomic E-state index is 12.2. The molecule has 1 N–H and O–H groups in total. The van der Waals surface area contributed by atoms with E-state index in [1.54, 1.807) is 0 Å². The van der Waals surface area contributed by atoms with Crippen molar-refractivity contribution in [2.45, 2.75) is 44.1 Å². The van der Waals surface area contributed by atoms with Crippen molar-refractivity contribution in [2.75, 3.05) is 0 Å². The second-order valence-electron chi connectivity index (χ2n) is 5.88. The molecule has 0 atom stereocenters. The van der Waals surface area contributed by atoms with Crippen LogP contribution in [-0.4, -0.2) is 11.4 Å². The molecule has 2 nitrogen and oxygen atoms in total. The Balaban J connectivity index is 1.61. The Morgan fingerprint density at radius 1 is 1.16 bits per heavy atom. The van der Waals surface area contributed by atoms with Gasteiger partial charge in [0.2, 0.25) is 0 Å². The van der Waals surface area contributed by atoms with Crippen LogP contribution < -0.4 is 5.32 Å². The third-order valence-corrected chi connectivity index (χ3v) is 4.27. The number of nitrogens with one attached hydrogen (secondary N) is 1. The van der Waals surface area contributed by atoms with Crippen LogP contribution in [0.2, 0.25) is 0 Å². The number of carbonyl (C=O) groups excluding carboxylic acids is 1. The summed E-state index contributed by atoms with van der Waals surface area (Å²) in [5.74, 6) is 0.792. The Bertz CT molecular complexity index is 467. The van der Waals surface area contributed by atoms with E-state index in [1.807, 2.05) is 30.3 Å². The predicted octanol–water partition coefficient (Wildman–Crippen LogP) is 3.70. The highest BCUT2D eigenvalue weighted by molar-refractivity contribution is 5.95. The molecule has 0 bridgehead atoms. The second-order valence-corrected chi connectivity index (χ2v) is 5.88. The molecule has 1 amide bonds. The van der Waals surface area contributed by atoms with Crippen LogP contribution in [-0.2, 0) is 0 Å². The van der Waals surface area contributed by atoms with Crippen molar-refractivity contribution in [3.05, 3.63) is 48.0 Å². The molecule has 2 heteroatoms. The average Bonchev–Trinajstić information content (AvgIpc) is 3.01. The Morgan fingerprint density at radius 3 is 2.47 bits per heavy atom. The largest absolute Gasteiger partial charge is 0.343 e. The lowest BCUT2D eigenvalue weighted by molar-refractivity contribution is 0.0940. The Labute approximate surface area is 114 Å². The zero-order chi connectivity index (χ0) is 13.1. The molecule has 0 unspecified atom stereocenters. The van der Waals surface area contributed by atoms with Crippen molar-refractivity contribution in [1.29, 1.82) is 0 Å². The highest BCUT2D eigenvalue weighted by Crippen LogP contribution is 2.38. The fourth-order valence-corrected chi connectivity index (χ4v) is 2.83. The minimum atomic E-state index is -0.0461. The number of allylic oxidation sites excluding steroid dienone is 1. The summed E-state index contributed by atoms with van der Waals surface area (Å²) in [6, 6.07) is 9.48. The van der Waals surface area contributed by atoms with E-state index in [1.165, 1.54) is 25.7 Å². The molecule has 100 valence electrons. The number of carbonyl (C=O) groups is 1. The van der Waals surface area contributed by atoms with Crippen LogP contribution >= 0.6 is 0 Å². The first-order chi connectivity index (χ1) is 9.27. The molecule has 0 spiro atoms. The number of benzene rings is 1. The summed E-state index contributed by atoms with van der Waals surface area (Å²) in [5.41, 5.74) is 0.707. The van der Waals surface area contributed by atoms with Crippen LogP contribution in [0, 0.1) is 5.92 Å². The third kappa shape index (κ3) is 3.06. The monoisotopic (exact) mass is 255 g/mol. The number of hydrogen-bond acceptors (Lipinski definition) is 1. The van der Waals surface area contributed by atoms with Gasteiger partial charge in [-0.05, 0) is 43.7 Å². The number of hydrogen-bond donors (Lipinski definition) is 1. The minimum absolute atomic E-state index is 0.0461. The molecule has 0 aromatic heterocycles. The van der Waals surface area contributed by atoms with Gasteiger partial charge in [-0.2, -0.15) is 0 Å². The van der Waals surface area contributed by atoms with Crippen molar-refractivity contribution in [2.24, 2.45) is 5.92 Å². The Hall–Kier alpha value is -1.57. The molecule has 3 rings (SSSR count). The van der Waals surface area contributed by atoms with Crippen molar-refractivity contribution in [1.82, 2.24) is 5.32 Å². The van der Waals surface area contributed by atoms with Gasteiger partial charge in [0.15, 0.2) is 0 Å². The standard InChI is InChI=1S/C17H21NO/c19-16(15-8-2-1-3-9-15)18-17(12-13-17)11-10-14-6-4-5-7-14/h1-3,8-11,14H,4-7,12-13H2,(H,18,19). The maximum absolute atomic E-state index is 12.2. The molecule has 0 aliphatic heterocycles. The van der Waals surface area contributed by atoms with Gasteiger partial charge < -0.3 is 5.32 Å². The maximum Gasteiger partial charge on any atom is 0.251 e. The van der Waals surface area contributed by atoms with E-state index < -0.39 is 0 Å². The van der Waals surface area contributed by atoms with Crippen LogP contribution in [0.4, 0.5) is 0 Å². The first-order valence-corrected chi connectivity index (χ1v) is 7.34. The highest BCUT2D eigenvalue weighted by atomic mass is 16.1. The summed E-state index contributed by atoms with van der Waals surface area (Å²) in [7, 11) is 0. The van der Waals surface area contributed by atoms with Crippen LogP contribution in [0.15, 0.2) is 42.5 Å². The normalized spacial score (nSPS) is 21.7. The second kappa shape index (κ2) is 5.20. The van der Waals surface area contributed by atoms with Gasteiger partial charge in [-0.3, -0.25) is 4.79 Å². The van der Waals surface area contributed by atoms with Gasteiger partial charge in [0.05, 0.1) is 5.54 Å². The van der Waals surface area contributed by atoms with Crippen LogP contribution in [0.3, 0.4) is 0 Å². The van der Waals surface area contributed by atoms with Gasteiger partial charge in [-0.25, -0.2) is 0 Å². The summed E-state index contributed by atoms with van der Waals surface area (Å²) in [4.78, 5) is 12.2. The van der Waals surface area contributed by atoms with Gasteiger partial charge in [-0.15, -0.1) is 0 Å². The van der Waals surface area contributed by atoms with E-state index in [-0.39, 0.29) is 11.4 Å². The zero-order valence-corrected chi connectivity index (χ0v) is 11.3. The van der Waals surface area contributed by atoms with E-state index in [4.69, 9.17) is 0 Å². The van der Waals surface area contributed by atoms with E-state index in [2.05, 4.69) is 17.5 Å². The third-order valence-electron chi connectivity index (χ3n) is 4.27. The van der Waals surface area contributed by atoms with Crippen molar-refractivity contribution in [3.63, 3.8) is 0 Å². The molecule has 0 radical (unpaired) electrons. The van der Waals surface area contributed by atoms with E-state index >= 15 is 0 Å². The summed E-state index contributed by atoms with van der Waals surface area (Å²) in [6.45, 7) is 0. The minimum Gasteiger partial charge on any atom is -0.343 e. The molecular formula is C17H21NO. The van der Waals surface area contributed by atoms with Crippen LogP contribution in [0.1, 0.15) is 48.9 Å². The van der Waals surface area contributed by atoms with Crippen molar-refractivity contribution >= 4 is 5.91 Å². The lowest BCUT2D eigenvalue weighted by Crippen LogP contribution is -2.35. The molecule has 0 saturated heterocycles. The summed E-state index contributed by atoms with van der Waals surface area (Å²) in [6.07, 6.45) is 12.1. The van der Waals surface area contributed by atoms with Gasteiger partial charge in [0, 0.05) is 5.56 Å². The molecule has 2 aliphatic carbocycles. The molecule has 19 heavy (non-hydrogen) atoms. The van der Waals surface area contributed by atoms with E-state index in [0.717, 1.165) is 24.3 Å². The summed E-state index contributed by atoms with van der Waals surface area (Å²) >= 11 is 0. The molecular weight excluding hydrogens is 234 g/mol. The highest BCUT2D eigenvalue weighted by Gasteiger charge is 2.41. The lowest BCUT2D eigenvalue weighted by atomic mass is 10.1. The van der Waals surface area contributed by atoms with Crippen LogP contribution in [0.5, 0.6) is 0 Å². The Morgan fingerprint density at radius 2 is 1.84 bits per heavy atom. The molecule has 2 aliphatic rings. The Kier molecular flexibility index (Phi) is 3.41. The SMILES string of the molecule is O=C(NC1(C=CC2CCCC2)CC1)c1ccccc1. The molecule has 2 saturated carbocycles. The average molecular weight is 255 g/mol. The van der Waals surface area contributed by atoms with E-state index in [9.17, 15) is 4.79 Å². The summed E-state index contributed by atoms with van der Waals surface area (Å²) < 4.78 is 0. The quantitative estimate of drug-likeness (QED) is 0.817. The molecule has 2 fully saturated rings. The topological polar surface area (TPSA) is 29.1 Å². The predicted molar refractivity (Wildman–Crippen MR) is 77.0 cm³/mol.